The molecule has 0 saturated carbocycles. The first-order valence-electron chi connectivity index (χ1n) is 6.95. The summed E-state index contributed by atoms with van der Waals surface area (Å²) in [4.78, 5) is 20.5. The van der Waals surface area contributed by atoms with E-state index < -0.39 is 0 Å². The Balaban J connectivity index is 1.80. The van der Waals surface area contributed by atoms with E-state index in [9.17, 15) is 4.79 Å². The second-order valence-electron chi connectivity index (χ2n) is 4.99. The predicted molar refractivity (Wildman–Crippen MR) is 83.5 cm³/mol. The smallest absolute Gasteiger partial charge is 0.251 e. The van der Waals surface area contributed by atoms with Crippen LogP contribution in [-0.2, 0) is 0 Å². The summed E-state index contributed by atoms with van der Waals surface area (Å²) in [5.41, 5.74) is 3.53. The Labute approximate surface area is 124 Å². The molecule has 110 valence electrons. The van der Waals surface area contributed by atoms with Gasteiger partial charge in [-0.2, -0.15) is 0 Å². The molecule has 1 aromatic carbocycles. The van der Waals surface area contributed by atoms with Crippen molar-refractivity contribution in [2.75, 3.05) is 18.4 Å². The summed E-state index contributed by atoms with van der Waals surface area (Å²) in [6.45, 7) is 6.94. The van der Waals surface area contributed by atoms with Gasteiger partial charge in [-0.25, -0.2) is 4.98 Å². The van der Waals surface area contributed by atoms with E-state index in [-0.39, 0.29) is 5.91 Å². The molecule has 2 aromatic rings. The fourth-order valence-electron chi connectivity index (χ4n) is 1.87. The van der Waals surface area contributed by atoms with Crippen molar-refractivity contribution in [3.63, 3.8) is 0 Å². The number of hydrogen-bond donors (Lipinski definition) is 2. The average molecular weight is 284 g/mol. The monoisotopic (exact) mass is 284 g/mol. The number of benzene rings is 1. The standard InChI is InChI=1S/C16H20N4O/c1-11-4-6-14(7-5-11)16(21)18-9-8-17-15-13(3)19-10-12(2)20-15/h4-7,10H,8-9H2,1-3H3,(H,17,20)(H,18,21). The Morgan fingerprint density at radius 3 is 2.52 bits per heavy atom. The molecule has 0 bridgehead atoms. The van der Waals surface area contributed by atoms with Crippen LogP contribution in [-0.4, -0.2) is 29.0 Å². The summed E-state index contributed by atoms with van der Waals surface area (Å²) < 4.78 is 0. The first-order chi connectivity index (χ1) is 10.1. The lowest BCUT2D eigenvalue weighted by molar-refractivity contribution is 0.0955. The van der Waals surface area contributed by atoms with Crippen LogP contribution in [0.2, 0.25) is 0 Å². The highest BCUT2D eigenvalue weighted by molar-refractivity contribution is 5.94. The lowest BCUT2D eigenvalue weighted by Gasteiger charge is -2.09. The second-order valence-corrected chi connectivity index (χ2v) is 4.99. The number of anilines is 1. The van der Waals surface area contributed by atoms with Crippen molar-refractivity contribution in [1.82, 2.24) is 15.3 Å². The fraction of sp³-hybridized carbons (Fsp3) is 0.312. The number of nitrogens with zero attached hydrogens (tertiary/aromatic N) is 2. The molecule has 0 spiro atoms. The minimum atomic E-state index is -0.0659. The molecule has 0 aliphatic carbocycles. The minimum absolute atomic E-state index is 0.0659. The van der Waals surface area contributed by atoms with Gasteiger partial charge in [0.15, 0.2) is 0 Å². The molecule has 5 nitrogen and oxygen atoms in total. The molecule has 0 radical (unpaired) electrons. The van der Waals surface area contributed by atoms with E-state index in [0.717, 1.165) is 22.8 Å². The average Bonchev–Trinajstić information content (AvgIpc) is 2.47. The number of hydrogen-bond acceptors (Lipinski definition) is 4. The van der Waals surface area contributed by atoms with E-state index in [2.05, 4.69) is 20.6 Å². The highest BCUT2D eigenvalue weighted by Crippen LogP contribution is 2.07. The lowest BCUT2D eigenvalue weighted by Crippen LogP contribution is -2.29. The summed E-state index contributed by atoms with van der Waals surface area (Å²) in [5, 5.41) is 6.05. The third kappa shape index (κ3) is 4.27. The number of nitrogens with one attached hydrogen (secondary N) is 2. The summed E-state index contributed by atoms with van der Waals surface area (Å²) in [7, 11) is 0. The van der Waals surface area contributed by atoms with Gasteiger partial charge in [-0.15, -0.1) is 0 Å². The predicted octanol–water partition coefficient (Wildman–Crippen LogP) is 2.24. The highest BCUT2D eigenvalue weighted by Gasteiger charge is 2.04. The number of carbonyl (C=O) groups excluding carboxylic acids is 1. The first kappa shape index (κ1) is 15.0. The molecule has 21 heavy (non-hydrogen) atoms. The van der Waals surface area contributed by atoms with Gasteiger partial charge >= 0.3 is 0 Å². The Hall–Kier alpha value is -2.43. The van der Waals surface area contributed by atoms with E-state index in [1.54, 1.807) is 6.20 Å². The quantitative estimate of drug-likeness (QED) is 0.826. The van der Waals surface area contributed by atoms with E-state index >= 15 is 0 Å². The van der Waals surface area contributed by atoms with Gasteiger partial charge in [-0.05, 0) is 32.9 Å². The van der Waals surface area contributed by atoms with E-state index in [1.807, 2.05) is 45.0 Å². The maximum Gasteiger partial charge on any atom is 0.251 e. The third-order valence-electron chi connectivity index (χ3n) is 3.09. The van der Waals surface area contributed by atoms with Crippen molar-refractivity contribution < 1.29 is 4.79 Å². The largest absolute Gasteiger partial charge is 0.367 e. The zero-order chi connectivity index (χ0) is 15.2. The first-order valence-corrected chi connectivity index (χ1v) is 6.95. The number of carbonyl (C=O) groups is 1. The molecule has 0 aliphatic heterocycles. The normalized spacial score (nSPS) is 10.2. The molecule has 1 aromatic heterocycles. The molecule has 1 heterocycles. The number of aromatic nitrogens is 2. The van der Waals surface area contributed by atoms with Gasteiger partial charge in [0, 0.05) is 24.8 Å². The minimum Gasteiger partial charge on any atom is -0.367 e. The van der Waals surface area contributed by atoms with Crippen LogP contribution >= 0.6 is 0 Å². The number of rotatable bonds is 5. The molecular weight excluding hydrogens is 264 g/mol. The molecule has 5 heteroatoms. The van der Waals surface area contributed by atoms with Crippen molar-refractivity contribution in [3.05, 3.63) is 53.0 Å². The Bertz CT molecular complexity index is 623. The van der Waals surface area contributed by atoms with E-state index in [1.165, 1.54) is 0 Å². The Morgan fingerprint density at radius 2 is 1.81 bits per heavy atom. The molecular formula is C16H20N4O. The zero-order valence-electron chi connectivity index (χ0n) is 12.6. The van der Waals surface area contributed by atoms with E-state index in [0.29, 0.717) is 18.7 Å². The number of amides is 1. The van der Waals surface area contributed by atoms with Gasteiger partial charge in [0.05, 0.1) is 11.4 Å². The van der Waals surface area contributed by atoms with Gasteiger partial charge in [-0.3, -0.25) is 9.78 Å². The number of aryl methyl sites for hydroxylation is 3. The summed E-state index contributed by atoms with van der Waals surface area (Å²) in [5.74, 6) is 0.698. The highest BCUT2D eigenvalue weighted by atomic mass is 16.1. The van der Waals surface area contributed by atoms with Crippen LogP contribution in [0.4, 0.5) is 5.82 Å². The zero-order valence-corrected chi connectivity index (χ0v) is 12.6. The van der Waals surface area contributed by atoms with Crippen molar-refractivity contribution in [2.45, 2.75) is 20.8 Å². The van der Waals surface area contributed by atoms with Crippen LogP contribution in [0.25, 0.3) is 0 Å². The second kappa shape index (κ2) is 6.83. The van der Waals surface area contributed by atoms with Crippen LogP contribution in [0, 0.1) is 20.8 Å². The maximum absolute atomic E-state index is 11.9. The molecule has 2 N–H and O–H groups in total. The van der Waals surface area contributed by atoms with Gasteiger partial charge in [0.2, 0.25) is 0 Å². The van der Waals surface area contributed by atoms with Crippen molar-refractivity contribution >= 4 is 11.7 Å². The van der Waals surface area contributed by atoms with Crippen molar-refractivity contribution in [1.29, 1.82) is 0 Å². The van der Waals surface area contributed by atoms with Crippen LogP contribution < -0.4 is 10.6 Å². The van der Waals surface area contributed by atoms with Crippen molar-refractivity contribution in [3.8, 4) is 0 Å². The van der Waals surface area contributed by atoms with Gasteiger partial charge in [-0.1, -0.05) is 17.7 Å². The topological polar surface area (TPSA) is 66.9 Å². The van der Waals surface area contributed by atoms with Gasteiger partial charge in [0.25, 0.3) is 5.91 Å². The van der Waals surface area contributed by atoms with Crippen molar-refractivity contribution in [2.24, 2.45) is 0 Å². The third-order valence-corrected chi connectivity index (χ3v) is 3.09. The van der Waals surface area contributed by atoms with Crippen LogP contribution in [0.1, 0.15) is 27.3 Å². The maximum atomic E-state index is 11.9. The SMILES string of the molecule is Cc1ccc(C(=O)NCCNc2nc(C)cnc2C)cc1. The molecule has 1 amide bonds. The van der Waals surface area contributed by atoms with Crippen LogP contribution in [0.15, 0.2) is 30.5 Å². The summed E-state index contributed by atoms with van der Waals surface area (Å²) in [6, 6.07) is 7.51. The lowest BCUT2D eigenvalue weighted by atomic mass is 10.1. The fourth-order valence-corrected chi connectivity index (χ4v) is 1.87. The molecule has 2 rings (SSSR count). The van der Waals surface area contributed by atoms with Crippen LogP contribution in [0.5, 0.6) is 0 Å². The van der Waals surface area contributed by atoms with Crippen LogP contribution in [0.3, 0.4) is 0 Å². The Kier molecular flexibility index (Phi) is 4.87. The molecule has 0 atom stereocenters. The van der Waals surface area contributed by atoms with E-state index in [4.69, 9.17) is 0 Å². The molecule has 0 saturated heterocycles. The molecule has 0 unspecified atom stereocenters. The molecule has 0 aliphatic rings. The Morgan fingerprint density at radius 1 is 1.10 bits per heavy atom. The van der Waals surface area contributed by atoms with Gasteiger partial charge in [0.1, 0.15) is 5.82 Å². The summed E-state index contributed by atoms with van der Waals surface area (Å²) >= 11 is 0. The van der Waals surface area contributed by atoms with Gasteiger partial charge < -0.3 is 10.6 Å². The summed E-state index contributed by atoms with van der Waals surface area (Å²) in [6.07, 6.45) is 1.74. The molecule has 0 fully saturated rings.